The third kappa shape index (κ3) is 5.46. The molecule has 0 aromatic rings. The van der Waals surface area contributed by atoms with E-state index in [4.69, 9.17) is 5.73 Å². The molecule has 0 aromatic carbocycles. The van der Waals surface area contributed by atoms with Crippen molar-refractivity contribution < 1.29 is 4.79 Å². The Morgan fingerprint density at radius 2 is 1.95 bits per heavy atom. The Balaban J connectivity index is 0.00000162. The van der Waals surface area contributed by atoms with Crippen LogP contribution in [0.2, 0.25) is 0 Å². The molecule has 0 radical (unpaired) electrons. The van der Waals surface area contributed by atoms with Crippen molar-refractivity contribution in [3.63, 3.8) is 0 Å². The zero-order chi connectivity index (χ0) is 12.3. The molecule has 2 fully saturated rings. The van der Waals surface area contributed by atoms with Crippen molar-refractivity contribution in [2.75, 3.05) is 19.6 Å². The molecule has 2 saturated carbocycles. The van der Waals surface area contributed by atoms with Gasteiger partial charge in [0, 0.05) is 25.2 Å². The third-order valence-electron chi connectivity index (χ3n) is 4.07. The van der Waals surface area contributed by atoms with E-state index < -0.39 is 0 Å². The standard InChI is InChI=1S/C13H25N3O.2ClH/c1-2-16(10-6-7-10)9-8-15-13(17)11-4-3-5-12(11)14;;/h10-12H,2-9,14H2,1H3,(H,15,17);2*1H. The van der Waals surface area contributed by atoms with E-state index in [1.54, 1.807) is 0 Å². The number of halogens is 2. The van der Waals surface area contributed by atoms with Gasteiger partial charge in [0.05, 0.1) is 5.92 Å². The zero-order valence-electron chi connectivity index (χ0n) is 11.6. The molecular formula is C13H27Cl2N3O. The van der Waals surface area contributed by atoms with Crippen LogP contribution >= 0.6 is 24.8 Å². The van der Waals surface area contributed by atoms with Gasteiger partial charge < -0.3 is 11.1 Å². The van der Waals surface area contributed by atoms with Gasteiger partial charge in [0.1, 0.15) is 0 Å². The highest BCUT2D eigenvalue weighted by atomic mass is 35.5. The van der Waals surface area contributed by atoms with Crippen molar-refractivity contribution in [1.82, 2.24) is 10.2 Å². The Morgan fingerprint density at radius 1 is 1.26 bits per heavy atom. The number of carbonyl (C=O) groups excluding carboxylic acids is 1. The summed E-state index contributed by atoms with van der Waals surface area (Å²) in [5.41, 5.74) is 5.92. The second-order valence-electron chi connectivity index (χ2n) is 5.35. The predicted molar refractivity (Wildman–Crippen MR) is 83.1 cm³/mol. The van der Waals surface area contributed by atoms with Crippen molar-refractivity contribution in [2.45, 2.75) is 51.1 Å². The van der Waals surface area contributed by atoms with Crippen LogP contribution in [-0.2, 0) is 4.79 Å². The molecule has 114 valence electrons. The minimum absolute atomic E-state index is 0. The largest absolute Gasteiger partial charge is 0.355 e. The minimum Gasteiger partial charge on any atom is -0.355 e. The summed E-state index contributed by atoms with van der Waals surface area (Å²) in [6.45, 7) is 5.03. The molecule has 2 unspecified atom stereocenters. The van der Waals surface area contributed by atoms with Crippen molar-refractivity contribution in [1.29, 1.82) is 0 Å². The number of likely N-dealkylation sites (N-methyl/N-ethyl adjacent to an activating group) is 1. The average molecular weight is 312 g/mol. The summed E-state index contributed by atoms with van der Waals surface area (Å²) in [7, 11) is 0. The maximum Gasteiger partial charge on any atom is 0.224 e. The summed E-state index contributed by atoms with van der Waals surface area (Å²) in [6.07, 6.45) is 5.72. The number of nitrogens with one attached hydrogen (secondary N) is 1. The predicted octanol–water partition coefficient (Wildman–Crippen LogP) is 1.56. The summed E-state index contributed by atoms with van der Waals surface area (Å²) in [5, 5.41) is 3.04. The fraction of sp³-hybridized carbons (Fsp3) is 0.923. The summed E-state index contributed by atoms with van der Waals surface area (Å²) >= 11 is 0. The first-order chi connectivity index (χ1) is 8.22. The molecule has 19 heavy (non-hydrogen) atoms. The number of nitrogens with two attached hydrogens (primary N) is 1. The van der Waals surface area contributed by atoms with E-state index in [0.29, 0.717) is 0 Å². The lowest BCUT2D eigenvalue weighted by atomic mass is 10.0. The fourth-order valence-electron chi connectivity index (χ4n) is 2.81. The van der Waals surface area contributed by atoms with Crippen molar-refractivity contribution in [3.8, 4) is 0 Å². The number of carbonyl (C=O) groups is 1. The first kappa shape index (κ1) is 19.0. The first-order valence-corrected chi connectivity index (χ1v) is 6.99. The van der Waals surface area contributed by atoms with E-state index in [1.165, 1.54) is 12.8 Å². The summed E-state index contributed by atoms with van der Waals surface area (Å²) in [5.74, 6) is 0.229. The highest BCUT2D eigenvalue weighted by Gasteiger charge is 2.30. The molecule has 0 aromatic heterocycles. The topological polar surface area (TPSA) is 58.4 Å². The van der Waals surface area contributed by atoms with Crippen LogP contribution in [0.15, 0.2) is 0 Å². The van der Waals surface area contributed by atoms with Gasteiger partial charge in [0.25, 0.3) is 0 Å². The van der Waals surface area contributed by atoms with E-state index >= 15 is 0 Å². The van der Waals surface area contributed by atoms with Gasteiger partial charge in [-0.3, -0.25) is 9.69 Å². The van der Waals surface area contributed by atoms with Gasteiger partial charge in [-0.25, -0.2) is 0 Å². The third-order valence-corrected chi connectivity index (χ3v) is 4.07. The van der Waals surface area contributed by atoms with Gasteiger partial charge in [0.15, 0.2) is 0 Å². The van der Waals surface area contributed by atoms with Gasteiger partial charge in [-0.1, -0.05) is 13.3 Å². The number of rotatable bonds is 6. The number of amides is 1. The maximum atomic E-state index is 11.9. The summed E-state index contributed by atoms with van der Waals surface area (Å²) < 4.78 is 0. The van der Waals surface area contributed by atoms with Crippen LogP contribution in [0.4, 0.5) is 0 Å². The van der Waals surface area contributed by atoms with E-state index in [9.17, 15) is 4.79 Å². The van der Waals surface area contributed by atoms with Crippen LogP contribution in [0, 0.1) is 5.92 Å². The molecule has 0 saturated heterocycles. The van der Waals surface area contributed by atoms with E-state index in [1.807, 2.05) is 0 Å². The zero-order valence-corrected chi connectivity index (χ0v) is 13.3. The average Bonchev–Trinajstić information content (AvgIpc) is 3.06. The molecule has 3 N–H and O–H groups in total. The molecule has 2 aliphatic carbocycles. The molecule has 0 bridgehead atoms. The monoisotopic (exact) mass is 311 g/mol. The van der Waals surface area contributed by atoms with Crippen molar-refractivity contribution >= 4 is 30.7 Å². The Labute approximate surface area is 128 Å². The molecular weight excluding hydrogens is 285 g/mol. The highest BCUT2D eigenvalue weighted by molar-refractivity contribution is 5.85. The molecule has 1 amide bonds. The highest BCUT2D eigenvalue weighted by Crippen LogP contribution is 2.26. The van der Waals surface area contributed by atoms with Crippen LogP contribution in [0.25, 0.3) is 0 Å². The molecule has 4 nitrogen and oxygen atoms in total. The Hall–Kier alpha value is -0.0300. The van der Waals surface area contributed by atoms with Gasteiger partial charge in [0.2, 0.25) is 5.91 Å². The maximum absolute atomic E-state index is 11.9. The van der Waals surface area contributed by atoms with Gasteiger partial charge in [-0.05, 0) is 32.2 Å². The van der Waals surface area contributed by atoms with Gasteiger partial charge in [-0.15, -0.1) is 24.8 Å². The quantitative estimate of drug-likeness (QED) is 0.782. The minimum atomic E-state index is 0. The van der Waals surface area contributed by atoms with Crippen LogP contribution in [0.5, 0.6) is 0 Å². The van der Waals surface area contributed by atoms with Crippen LogP contribution in [0.3, 0.4) is 0 Å². The first-order valence-electron chi connectivity index (χ1n) is 6.99. The molecule has 2 atom stereocenters. The Kier molecular flexibility index (Phi) is 8.99. The van der Waals surface area contributed by atoms with E-state index in [2.05, 4.69) is 17.1 Å². The molecule has 0 heterocycles. The lowest BCUT2D eigenvalue weighted by Gasteiger charge is -2.21. The molecule has 2 rings (SSSR count). The lowest BCUT2D eigenvalue weighted by molar-refractivity contribution is -0.125. The normalized spacial score (nSPS) is 25.6. The lowest BCUT2D eigenvalue weighted by Crippen LogP contribution is -2.42. The molecule has 0 spiro atoms. The van der Waals surface area contributed by atoms with Gasteiger partial charge in [-0.2, -0.15) is 0 Å². The van der Waals surface area contributed by atoms with Crippen molar-refractivity contribution in [2.24, 2.45) is 11.7 Å². The second-order valence-corrected chi connectivity index (χ2v) is 5.35. The van der Waals surface area contributed by atoms with E-state index in [0.717, 1.165) is 44.9 Å². The van der Waals surface area contributed by atoms with E-state index in [-0.39, 0.29) is 42.7 Å². The molecule has 6 heteroatoms. The van der Waals surface area contributed by atoms with Crippen molar-refractivity contribution in [3.05, 3.63) is 0 Å². The Bertz CT molecular complexity index is 275. The number of hydrogen-bond donors (Lipinski definition) is 2. The van der Waals surface area contributed by atoms with Crippen LogP contribution < -0.4 is 11.1 Å². The Morgan fingerprint density at radius 3 is 2.42 bits per heavy atom. The van der Waals surface area contributed by atoms with Crippen LogP contribution in [-0.4, -0.2) is 42.5 Å². The molecule has 2 aliphatic rings. The van der Waals surface area contributed by atoms with Crippen LogP contribution in [0.1, 0.15) is 39.0 Å². The number of hydrogen-bond acceptors (Lipinski definition) is 3. The molecule has 0 aliphatic heterocycles. The second kappa shape index (κ2) is 9.01. The van der Waals surface area contributed by atoms with Gasteiger partial charge >= 0.3 is 0 Å². The summed E-state index contributed by atoms with van der Waals surface area (Å²) in [6, 6.07) is 0.867. The fourth-order valence-corrected chi connectivity index (χ4v) is 2.81. The summed E-state index contributed by atoms with van der Waals surface area (Å²) in [4.78, 5) is 14.4. The smallest absolute Gasteiger partial charge is 0.224 e. The SMILES string of the molecule is CCN(CCNC(=O)C1CCCC1N)C1CC1.Cl.Cl. The number of nitrogens with zero attached hydrogens (tertiary/aromatic N) is 1.